The Bertz CT molecular complexity index is 337. The van der Waals surface area contributed by atoms with E-state index in [9.17, 15) is 4.79 Å². The van der Waals surface area contributed by atoms with Gasteiger partial charge >= 0.3 is 0 Å². The number of nitrogens with zero attached hydrogens (tertiary/aromatic N) is 1. The van der Waals surface area contributed by atoms with Crippen LogP contribution in [0.1, 0.15) is 12.5 Å². The molecule has 1 amide bonds. The van der Waals surface area contributed by atoms with E-state index in [4.69, 9.17) is 0 Å². The van der Waals surface area contributed by atoms with Crippen molar-refractivity contribution in [3.63, 3.8) is 0 Å². The highest BCUT2D eigenvalue weighted by Gasteiger charge is 2.06. The van der Waals surface area contributed by atoms with Crippen LogP contribution in [0.2, 0.25) is 0 Å². The van der Waals surface area contributed by atoms with E-state index in [2.05, 4.69) is 43.8 Å². The Morgan fingerprint density at radius 1 is 1.38 bits per heavy atom. The molecule has 0 unspecified atom stereocenters. The molecule has 0 N–H and O–H groups in total. The molecule has 1 rings (SSSR count). The van der Waals surface area contributed by atoms with Crippen molar-refractivity contribution in [2.45, 2.75) is 18.4 Å². The van der Waals surface area contributed by atoms with Gasteiger partial charge in [-0.2, -0.15) is 12.6 Å². The standard InChI is InChI=1S/C12H17NOS2/c1-3-16-11-6-4-10(5-7-11)8-13(2)12(14)9-15/h4-7,15H,3,8-9H2,1-2H3. The van der Waals surface area contributed by atoms with Gasteiger partial charge in [-0.1, -0.05) is 19.1 Å². The number of rotatable bonds is 5. The Labute approximate surface area is 107 Å². The molecule has 0 aliphatic rings. The maximum atomic E-state index is 11.3. The number of thiol groups is 1. The quantitative estimate of drug-likeness (QED) is 0.645. The van der Waals surface area contributed by atoms with Gasteiger partial charge in [0.2, 0.25) is 5.91 Å². The van der Waals surface area contributed by atoms with Crippen LogP contribution in [0.4, 0.5) is 0 Å². The van der Waals surface area contributed by atoms with E-state index < -0.39 is 0 Å². The molecule has 2 nitrogen and oxygen atoms in total. The lowest BCUT2D eigenvalue weighted by molar-refractivity contribution is -0.127. The van der Waals surface area contributed by atoms with Crippen LogP contribution in [0.5, 0.6) is 0 Å². The van der Waals surface area contributed by atoms with Gasteiger partial charge in [-0.25, -0.2) is 0 Å². The van der Waals surface area contributed by atoms with Gasteiger partial charge in [0.15, 0.2) is 0 Å². The summed E-state index contributed by atoms with van der Waals surface area (Å²) in [4.78, 5) is 14.3. The van der Waals surface area contributed by atoms with Crippen molar-refractivity contribution in [3.05, 3.63) is 29.8 Å². The zero-order chi connectivity index (χ0) is 12.0. The molecule has 16 heavy (non-hydrogen) atoms. The van der Waals surface area contributed by atoms with E-state index in [0.29, 0.717) is 6.54 Å². The van der Waals surface area contributed by atoms with Crippen LogP contribution in [0, 0.1) is 0 Å². The minimum atomic E-state index is 0.0512. The zero-order valence-corrected chi connectivity index (χ0v) is 11.4. The van der Waals surface area contributed by atoms with Crippen molar-refractivity contribution >= 4 is 30.3 Å². The van der Waals surface area contributed by atoms with E-state index in [-0.39, 0.29) is 11.7 Å². The minimum Gasteiger partial charge on any atom is -0.341 e. The Kier molecular flexibility index (Phi) is 5.77. The number of carbonyl (C=O) groups is 1. The maximum absolute atomic E-state index is 11.3. The molecule has 0 aliphatic carbocycles. The number of thioether (sulfide) groups is 1. The maximum Gasteiger partial charge on any atom is 0.232 e. The van der Waals surface area contributed by atoms with E-state index in [1.165, 1.54) is 4.90 Å². The first-order valence-electron chi connectivity index (χ1n) is 5.24. The molecular weight excluding hydrogens is 238 g/mol. The molecule has 0 saturated heterocycles. The monoisotopic (exact) mass is 255 g/mol. The van der Waals surface area contributed by atoms with Crippen LogP contribution in [0.25, 0.3) is 0 Å². The summed E-state index contributed by atoms with van der Waals surface area (Å²) in [5.74, 6) is 1.40. The van der Waals surface area contributed by atoms with E-state index >= 15 is 0 Å². The Morgan fingerprint density at radius 3 is 2.50 bits per heavy atom. The molecule has 0 heterocycles. The summed E-state index contributed by atoms with van der Waals surface area (Å²) < 4.78 is 0. The van der Waals surface area contributed by atoms with Gasteiger partial charge in [0.05, 0.1) is 5.75 Å². The largest absolute Gasteiger partial charge is 0.341 e. The summed E-state index contributed by atoms with van der Waals surface area (Å²) in [6.07, 6.45) is 0. The van der Waals surface area contributed by atoms with Crippen LogP contribution in [-0.4, -0.2) is 29.4 Å². The third-order valence-electron chi connectivity index (χ3n) is 2.22. The smallest absolute Gasteiger partial charge is 0.232 e. The summed E-state index contributed by atoms with van der Waals surface area (Å²) in [6.45, 7) is 2.79. The zero-order valence-electron chi connectivity index (χ0n) is 9.64. The van der Waals surface area contributed by atoms with Crippen molar-refractivity contribution < 1.29 is 4.79 Å². The fourth-order valence-electron chi connectivity index (χ4n) is 1.34. The predicted molar refractivity (Wildman–Crippen MR) is 73.2 cm³/mol. The highest BCUT2D eigenvalue weighted by Crippen LogP contribution is 2.18. The van der Waals surface area contributed by atoms with E-state index in [0.717, 1.165) is 11.3 Å². The van der Waals surface area contributed by atoms with Gasteiger partial charge in [0.1, 0.15) is 0 Å². The Balaban J connectivity index is 2.58. The van der Waals surface area contributed by atoms with Gasteiger partial charge in [-0.05, 0) is 23.4 Å². The molecule has 4 heteroatoms. The van der Waals surface area contributed by atoms with Gasteiger partial charge in [-0.3, -0.25) is 4.79 Å². The summed E-state index contributed by atoms with van der Waals surface area (Å²) in [6, 6.07) is 8.34. The van der Waals surface area contributed by atoms with E-state index in [1.807, 2.05) is 11.8 Å². The van der Waals surface area contributed by atoms with E-state index in [1.54, 1.807) is 11.9 Å². The Hall–Kier alpha value is -0.610. The topological polar surface area (TPSA) is 20.3 Å². The summed E-state index contributed by atoms with van der Waals surface area (Å²) in [5, 5.41) is 0. The fourth-order valence-corrected chi connectivity index (χ4v) is 2.24. The minimum absolute atomic E-state index is 0.0512. The molecule has 0 saturated carbocycles. The average molecular weight is 255 g/mol. The number of hydrogen-bond donors (Lipinski definition) is 1. The van der Waals surface area contributed by atoms with Gasteiger partial charge < -0.3 is 4.90 Å². The molecule has 88 valence electrons. The molecule has 1 aromatic rings. The summed E-state index contributed by atoms with van der Waals surface area (Å²) in [7, 11) is 1.80. The number of carbonyl (C=O) groups excluding carboxylic acids is 1. The molecule has 0 aliphatic heterocycles. The van der Waals surface area contributed by atoms with Crippen LogP contribution in [0.3, 0.4) is 0 Å². The van der Waals surface area contributed by atoms with Crippen molar-refractivity contribution in [1.82, 2.24) is 4.90 Å². The molecular formula is C12H17NOS2. The van der Waals surface area contributed by atoms with Crippen LogP contribution >= 0.6 is 24.4 Å². The van der Waals surface area contributed by atoms with Gasteiger partial charge in [0, 0.05) is 18.5 Å². The van der Waals surface area contributed by atoms with Crippen molar-refractivity contribution in [2.75, 3.05) is 18.6 Å². The fraction of sp³-hybridized carbons (Fsp3) is 0.417. The molecule has 0 atom stereocenters. The third-order valence-corrected chi connectivity index (χ3v) is 3.38. The van der Waals surface area contributed by atoms with Crippen LogP contribution in [-0.2, 0) is 11.3 Å². The normalized spacial score (nSPS) is 10.2. The summed E-state index contributed by atoms with van der Waals surface area (Å²) in [5.41, 5.74) is 1.15. The highest BCUT2D eigenvalue weighted by atomic mass is 32.2. The lowest BCUT2D eigenvalue weighted by Gasteiger charge is -2.16. The lowest BCUT2D eigenvalue weighted by Crippen LogP contribution is -2.27. The van der Waals surface area contributed by atoms with Crippen LogP contribution in [0.15, 0.2) is 29.2 Å². The first-order chi connectivity index (χ1) is 7.67. The SMILES string of the molecule is CCSc1ccc(CN(C)C(=O)CS)cc1. The lowest BCUT2D eigenvalue weighted by atomic mass is 10.2. The average Bonchev–Trinajstić information content (AvgIpc) is 2.31. The molecule has 0 bridgehead atoms. The first kappa shape index (κ1) is 13.5. The summed E-state index contributed by atoms with van der Waals surface area (Å²) >= 11 is 5.79. The first-order valence-corrected chi connectivity index (χ1v) is 6.85. The molecule has 1 aromatic carbocycles. The second-order valence-electron chi connectivity index (χ2n) is 3.48. The molecule has 0 radical (unpaired) electrons. The van der Waals surface area contributed by atoms with Crippen LogP contribution < -0.4 is 0 Å². The van der Waals surface area contributed by atoms with Gasteiger partial charge in [-0.15, -0.1) is 11.8 Å². The Morgan fingerprint density at radius 2 is 2.00 bits per heavy atom. The predicted octanol–water partition coefficient (Wildman–Crippen LogP) is 2.69. The molecule has 0 fully saturated rings. The molecule has 0 aromatic heterocycles. The second kappa shape index (κ2) is 6.86. The molecule has 0 spiro atoms. The number of amides is 1. The highest BCUT2D eigenvalue weighted by molar-refractivity contribution is 7.99. The van der Waals surface area contributed by atoms with Crippen molar-refractivity contribution in [1.29, 1.82) is 0 Å². The third kappa shape index (κ3) is 4.10. The number of hydrogen-bond acceptors (Lipinski definition) is 3. The van der Waals surface area contributed by atoms with Gasteiger partial charge in [0.25, 0.3) is 0 Å². The van der Waals surface area contributed by atoms with Crippen molar-refractivity contribution in [2.24, 2.45) is 0 Å². The van der Waals surface area contributed by atoms with Crippen molar-refractivity contribution in [3.8, 4) is 0 Å². The number of benzene rings is 1. The second-order valence-corrected chi connectivity index (χ2v) is 5.14.